The lowest BCUT2D eigenvalue weighted by molar-refractivity contribution is -0.153. The lowest BCUT2D eigenvalue weighted by Crippen LogP contribution is -2.71. The third-order valence-electron chi connectivity index (χ3n) is 16.1. The third-order valence-corrected chi connectivity index (χ3v) is 20.5. The molecule has 1 unspecified atom stereocenters. The summed E-state index contributed by atoms with van der Waals surface area (Å²) in [5, 5.41) is 13.2. The van der Waals surface area contributed by atoms with Crippen LogP contribution < -0.4 is 30.3 Å². The summed E-state index contributed by atoms with van der Waals surface area (Å²) in [6.45, 7) is 9.79. The average molecular weight is 1410 g/mol. The highest BCUT2D eigenvalue weighted by molar-refractivity contribution is 8.02. The van der Waals surface area contributed by atoms with Gasteiger partial charge in [-0.3, -0.25) is 19.3 Å². The van der Waals surface area contributed by atoms with Gasteiger partial charge in [0.1, 0.15) is 51.9 Å². The summed E-state index contributed by atoms with van der Waals surface area (Å²) in [7, 11) is 1.55. The predicted molar refractivity (Wildman–Crippen MR) is 389 cm³/mol. The second kappa shape index (κ2) is 29.9. The number of benzene rings is 8. The molecule has 100 heavy (non-hydrogen) atoms. The number of nitrogens with one attached hydrogen (secondary N) is 2. The average Bonchev–Trinajstić information content (AvgIpc) is 0.793. The Morgan fingerprint density at radius 2 is 1.12 bits per heavy atom. The largest absolute Gasteiger partial charge is 0.514 e. The van der Waals surface area contributed by atoms with Crippen LogP contribution in [0.5, 0.6) is 17.2 Å². The molecule has 18 nitrogen and oxygen atoms in total. The molecule has 10 aromatic rings. The number of aromatic nitrogens is 1. The highest BCUT2D eigenvalue weighted by Gasteiger charge is 2.55. The van der Waals surface area contributed by atoms with Crippen molar-refractivity contribution in [3.8, 4) is 17.2 Å². The minimum Gasteiger partial charge on any atom is -0.497 e. The Labute approximate surface area is 594 Å². The minimum atomic E-state index is -1.44. The van der Waals surface area contributed by atoms with Crippen LogP contribution in [-0.2, 0) is 51.2 Å². The minimum absolute atomic E-state index is 0.0186. The predicted octanol–water partition coefficient (Wildman–Crippen LogP) is 15.7. The van der Waals surface area contributed by atoms with Crippen molar-refractivity contribution in [1.82, 2.24) is 15.2 Å². The number of thioether (sulfide) groups is 2. The Kier molecular flexibility index (Phi) is 20.7. The van der Waals surface area contributed by atoms with Crippen molar-refractivity contribution in [2.45, 2.75) is 86.1 Å². The Hall–Kier alpha value is -10.5. The Morgan fingerprint density at radius 3 is 1.61 bits per heavy atom. The van der Waals surface area contributed by atoms with E-state index in [-0.39, 0.29) is 52.1 Å². The molecule has 12 rings (SSSR count). The fourth-order valence-corrected chi connectivity index (χ4v) is 16.0. The number of carbonyl (C=O) groups is 5. The van der Waals surface area contributed by atoms with Crippen molar-refractivity contribution in [2.24, 2.45) is 5.16 Å². The number of oxime groups is 1. The van der Waals surface area contributed by atoms with Gasteiger partial charge < -0.3 is 43.9 Å². The molecule has 0 bridgehead atoms. The summed E-state index contributed by atoms with van der Waals surface area (Å²) in [5.74, 6) is -1.77. The first-order valence-corrected chi connectivity index (χ1v) is 35.6. The monoisotopic (exact) mass is 1410 g/mol. The standard InChI is InChI=1S/C78H69N5O13S4/c1-75(2,3)94-73(88)92-61-42-58-60(84)43-64(100-63(58)44-62(61)93-74(89)95-76(4,5)6)97-46-50-47-98-70-66(69(86)83(70)67(50)71(87)91-45-49-38-40-57(90-7)41-39-49)80-68(85)65(82-96-78(54-32-20-11-21-33-54,55-34-22-12-23-35-55)56-36-24-13-25-37-56)59-48-99-72(79-59)81-77(51-26-14-8-15-27-51,52-28-16-9-17-29-52)53-30-18-10-19-31-53/h8-44,48,66,70H,45-47H2,1-7H3,(H,79,81)(H,80,85)/b82-65-/t66?,70-/m1/s1. The summed E-state index contributed by atoms with van der Waals surface area (Å²) in [6, 6.07) is 68.8. The van der Waals surface area contributed by atoms with Crippen molar-refractivity contribution in [3.05, 3.63) is 296 Å². The smallest absolute Gasteiger partial charge is 0.497 e. The van der Waals surface area contributed by atoms with Crippen molar-refractivity contribution in [3.63, 3.8) is 0 Å². The highest BCUT2D eigenvalue weighted by Crippen LogP contribution is 2.46. The molecular weight excluding hydrogens is 1340 g/mol. The van der Waals surface area contributed by atoms with Crippen LogP contribution in [0, 0.1) is 0 Å². The van der Waals surface area contributed by atoms with Gasteiger partial charge in [-0.2, -0.15) is 0 Å². The van der Waals surface area contributed by atoms with E-state index < -0.39 is 69.3 Å². The summed E-state index contributed by atoms with van der Waals surface area (Å²) >= 11 is 5.00. The van der Waals surface area contributed by atoms with Gasteiger partial charge in [-0.15, -0.1) is 46.2 Å². The number of ether oxygens (including phenoxy) is 6. The number of nitrogens with zero attached hydrogens (tertiary/aromatic N) is 3. The zero-order valence-corrected chi connectivity index (χ0v) is 58.8. The van der Waals surface area contributed by atoms with Crippen LogP contribution >= 0.6 is 46.2 Å². The number of rotatable bonds is 22. The molecule has 0 spiro atoms. The lowest BCUT2D eigenvalue weighted by atomic mass is 9.77. The number of hydrogen-bond acceptors (Lipinski definition) is 20. The van der Waals surface area contributed by atoms with Gasteiger partial charge in [-0.1, -0.05) is 199 Å². The van der Waals surface area contributed by atoms with Crippen LogP contribution in [0.4, 0.5) is 14.7 Å². The third kappa shape index (κ3) is 15.3. The van der Waals surface area contributed by atoms with E-state index in [2.05, 4.69) is 47.0 Å². The summed E-state index contributed by atoms with van der Waals surface area (Å²) in [5.41, 5.74) is 1.15. The maximum atomic E-state index is 15.7. The summed E-state index contributed by atoms with van der Waals surface area (Å²) < 4.78 is 34.1. The van der Waals surface area contributed by atoms with Crippen LogP contribution in [0.2, 0.25) is 0 Å². The summed E-state index contributed by atoms with van der Waals surface area (Å²) in [6.07, 6.45) is -2.18. The van der Waals surface area contributed by atoms with E-state index in [0.29, 0.717) is 47.6 Å². The fourth-order valence-electron chi connectivity index (χ4n) is 11.6. The number of β-lactam (4-membered cyclic amide) rings is 1. The lowest BCUT2D eigenvalue weighted by Gasteiger charge is -2.49. The number of thiazole rings is 1. The number of esters is 1. The molecule has 508 valence electrons. The first kappa shape index (κ1) is 69.4. The molecule has 1 fully saturated rings. The van der Waals surface area contributed by atoms with Gasteiger partial charge in [0.05, 0.1) is 11.3 Å². The van der Waals surface area contributed by atoms with E-state index in [4.69, 9.17) is 43.4 Å². The molecule has 4 heterocycles. The first-order chi connectivity index (χ1) is 48.2. The summed E-state index contributed by atoms with van der Waals surface area (Å²) in [4.78, 5) is 99.3. The Morgan fingerprint density at radius 1 is 0.630 bits per heavy atom. The molecule has 1 saturated heterocycles. The van der Waals surface area contributed by atoms with E-state index in [1.165, 1.54) is 69.3 Å². The molecule has 2 aliphatic rings. The van der Waals surface area contributed by atoms with Gasteiger partial charge in [0, 0.05) is 55.8 Å². The van der Waals surface area contributed by atoms with Gasteiger partial charge in [0.2, 0.25) is 5.60 Å². The van der Waals surface area contributed by atoms with Crippen molar-refractivity contribution in [2.75, 3.05) is 23.9 Å². The van der Waals surface area contributed by atoms with E-state index in [0.717, 1.165) is 16.7 Å². The van der Waals surface area contributed by atoms with Crippen LogP contribution in [0.25, 0.3) is 10.1 Å². The van der Waals surface area contributed by atoms with Crippen LogP contribution in [0.3, 0.4) is 0 Å². The molecule has 2 N–H and O–H groups in total. The van der Waals surface area contributed by atoms with E-state index in [1.54, 1.807) is 78.3 Å². The van der Waals surface area contributed by atoms with Crippen LogP contribution in [0.1, 0.15) is 86.2 Å². The number of amides is 2. The zero-order valence-electron chi connectivity index (χ0n) is 55.5. The van der Waals surface area contributed by atoms with Gasteiger partial charge in [-0.25, -0.2) is 19.4 Å². The SMILES string of the molecule is COc1ccc(COC(=O)C2=C(CSc3cc(=O)c4cc(OC(=O)OC(C)(C)C)c(OC(=O)OC(C)(C)C)cc4s3)CS[C@@H]3C(NC(=O)/C(=N\OC(c4ccccc4)(c4ccccc4)c4ccccc4)c4csc(NC(c5ccccc5)(c5ccccc5)c5ccccc5)n4)C(=O)N23)cc1. The van der Waals surface area contributed by atoms with Crippen molar-refractivity contribution in [1.29, 1.82) is 0 Å². The zero-order chi connectivity index (χ0) is 70.2. The van der Waals surface area contributed by atoms with E-state index >= 15 is 9.59 Å². The van der Waals surface area contributed by atoms with Crippen LogP contribution in [-0.4, -0.2) is 86.9 Å². The molecule has 2 aromatic heterocycles. The molecule has 8 aromatic carbocycles. The van der Waals surface area contributed by atoms with E-state index in [1.807, 2.05) is 146 Å². The van der Waals surface area contributed by atoms with E-state index in [9.17, 15) is 19.2 Å². The topological polar surface area (TPSA) is 220 Å². The van der Waals surface area contributed by atoms with Crippen LogP contribution in [0.15, 0.2) is 255 Å². The molecule has 0 saturated carbocycles. The maximum absolute atomic E-state index is 15.7. The van der Waals surface area contributed by atoms with Crippen molar-refractivity contribution < 1.29 is 57.2 Å². The Balaban J connectivity index is 0.899. The van der Waals surface area contributed by atoms with Gasteiger partial charge in [0.15, 0.2) is 27.8 Å². The normalized spacial score (nSPS) is 14.8. The molecule has 0 radical (unpaired) electrons. The quantitative estimate of drug-likeness (QED) is 0.00941. The molecule has 22 heteroatoms. The van der Waals surface area contributed by atoms with Gasteiger partial charge in [-0.05, 0) is 87.6 Å². The molecule has 0 aliphatic carbocycles. The van der Waals surface area contributed by atoms with Gasteiger partial charge in [0.25, 0.3) is 11.8 Å². The van der Waals surface area contributed by atoms with Crippen molar-refractivity contribution >= 4 is 97.2 Å². The fraction of sp³-hybridized carbons (Fsp3) is 0.205. The Bertz CT molecular complexity index is 4550. The second-order valence-electron chi connectivity index (χ2n) is 25.2. The second-order valence-corrected chi connectivity index (χ2v) is 29.5. The molecular formula is C78H69N5O13S4. The maximum Gasteiger partial charge on any atom is 0.514 e. The number of carbonyl (C=O) groups excluding carboxylic acids is 5. The number of fused-ring (bicyclic) bond motifs is 2. The van der Waals surface area contributed by atoms with Gasteiger partial charge >= 0.3 is 18.3 Å². The number of anilines is 1. The number of methoxy groups -OCH3 is 1. The number of hydrogen-bond donors (Lipinski definition) is 2. The molecule has 2 amide bonds. The highest BCUT2D eigenvalue weighted by atomic mass is 32.2. The molecule has 2 atom stereocenters. The molecule has 2 aliphatic heterocycles. The first-order valence-electron chi connectivity index (χ1n) is 31.9.